The summed E-state index contributed by atoms with van der Waals surface area (Å²) < 4.78 is 33.8. The van der Waals surface area contributed by atoms with Crippen LogP contribution in [0.3, 0.4) is 0 Å². The lowest BCUT2D eigenvalue weighted by Crippen LogP contribution is -2.45. The van der Waals surface area contributed by atoms with E-state index in [4.69, 9.17) is 20.4 Å². The number of nitrogens with zero attached hydrogens (tertiary/aromatic N) is 7. The van der Waals surface area contributed by atoms with Crippen LogP contribution in [0.5, 0.6) is 0 Å². The average Bonchev–Trinajstić information content (AvgIpc) is 3.43. The van der Waals surface area contributed by atoms with Crippen molar-refractivity contribution < 1.29 is 18.3 Å². The van der Waals surface area contributed by atoms with E-state index in [1.807, 2.05) is 4.90 Å². The predicted octanol–water partition coefficient (Wildman–Crippen LogP) is -1.39. The third-order valence-electron chi connectivity index (χ3n) is 6.64. The Hall–Kier alpha value is -2.65. The van der Waals surface area contributed by atoms with Crippen LogP contribution in [0, 0.1) is 0 Å². The van der Waals surface area contributed by atoms with Gasteiger partial charge in [0.2, 0.25) is 11.9 Å². The number of aromatic nitrogens is 4. The average molecular weight is 492 g/mol. The van der Waals surface area contributed by atoms with Crippen LogP contribution in [0.4, 0.5) is 17.7 Å². The van der Waals surface area contributed by atoms with Gasteiger partial charge in [-0.25, -0.2) is 19.7 Å². The van der Waals surface area contributed by atoms with E-state index >= 15 is 0 Å². The number of aliphatic hydroxyl groups excluding tert-OH is 1. The summed E-state index contributed by atoms with van der Waals surface area (Å²) in [7, 11) is -2.28. The Morgan fingerprint density at radius 1 is 1.18 bits per heavy atom. The lowest BCUT2D eigenvalue weighted by molar-refractivity contribution is 0.0981. The maximum atomic E-state index is 12.3. The molecule has 5 rings (SSSR count). The molecule has 2 saturated heterocycles. The van der Waals surface area contributed by atoms with Crippen LogP contribution in [0.2, 0.25) is 0 Å². The molecule has 2 aromatic rings. The zero-order valence-corrected chi connectivity index (χ0v) is 19.9. The smallest absolute Gasteiger partial charge is 0.279 e. The molecule has 0 unspecified atom stereocenters. The standard InChI is InChI=1S/C20H29N9O4S/c1-12-11-33-6-5-28(12)20-25-17(13-7-23-19(21)24-8-13)14-3-4-29(18(14)26-20)15-9-27(10-16(15)30)34(31,32)22-2/h7-8,12,15-16,22,30H,3-6,9-11H2,1-2H3,(H2,21,23,24)/t12-,15+,16+/m0/s1. The first-order valence-electron chi connectivity index (χ1n) is 11.2. The van der Waals surface area contributed by atoms with Gasteiger partial charge in [-0.3, -0.25) is 0 Å². The number of anilines is 3. The summed E-state index contributed by atoms with van der Waals surface area (Å²) in [5.41, 5.74) is 8.05. The van der Waals surface area contributed by atoms with Gasteiger partial charge in [0, 0.05) is 56.7 Å². The largest absolute Gasteiger partial charge is 0.390 e. The zero-order chi connectivity index (χ0) is 24.0. The molecule has 0 saturated carbocycles. The number of aliphatic hydroxyl groups is 1. The molecule has 3 atom stereocenters. The highest BCUT2D eigenvalue weighted by molar-refractivity contribution is 7.87. The Morgan fingerprint density at radius 3 is 2.65 bits per heavy atom. The van der Waals surface area contributed by atoms with E-state index in [0.29, 0.717) is 50.2 Å². The summed E-state index contributed by atoms with van der Waals surface area (Å²) in [6.07, 6.45) is 3.09. The number of rotatable bonds is 5. The van der Waals surface area contributed by atoms with E-state index in [2.05, 4.69) is 26.5 Å². The summed E-state index contributed by atoms with van der Waals surface area (Å²) in [6.45, 7) is 4.63. The molecule has 0 bridgehead atoms. The first-order chi connectivity index (χ1) is 16.3. The number of morpholine rings is 1. The Balaban J connectivity index is 1.57. The third kappa shape index (κ3) is 4.05. The molecule has 2 aromatic heterocycles. The summed E-state index contributed by atoms with van der Waals surface area (Å²) in [5, 5.41) is 10.8. The van der Waals surface area contributed by atoms with Gasteiger partial charge in [-0.15, -0.1) is 0 Å². The van der Waals surface area contributed by atoms with Crippen molar-refractivity contribution in [1.29, 1.82) is 0 Å². The molecule has 2 fully saturated rings. The van der Waals surface area contributed by atoms with Gasteiger partial charge >= 0.3 is 0 Å². The van der Waals surface area contributed by atoms with Crippen molar-refractivity contribution >= 4 is 27.9 Å². The van der Waals surface area contributed by atoms with Crippen LogP contribution in [0.25, 0.3) is 11.3 Å². The van der Waals surface area contributed by atoms with Gasteiger partial charge in [0.25, 0.3) is 10.2 Å². The first kappa shape index (κ1) is 23.1. The molecular weight excluding hydrogens is 462 g/mol. The summed E-state index contributed by atoms with van der Waals surface area (Å²) in [6, 6.07) is -0.338. The summed E-state index contributed by atoms with van der Waals surface area (Å²) >= 11 is 0. The second kappa shape index (κ2) is 8.85. The van der Waals surface area contributed by atoms with Gasteiger partial charge in [-0.05, 0) is 13.3 Å². The fourth-order valence-corrected chi connectivity index (χ4v) is 5.76. The maximum Gasteiger partial charge on any atom is 0.279 e. The highest BCUT2D eigenvalue weighted by Crippen LogP contribution is 2.38. The highest BCUT2D eigenvalue weighted by Gasteiger charge is 2.43. The van der Waals surface area contributed by atoms with Crippen LogP contribution in [0.1, 0.15) is 12.5 Å². The van der Waals surface area contributed by atoms with Crippen LogP contribution >= 0.6 is 0 Å². The van der Waals surface area contributed by atoms with Crippen LogP contribution < -0.4 is 20.3 Å². The van der Waals surface area contributed by atoms with E-state index in [0.717, 1.165) is 11.1 Å². The van der Waals surface area contributed by atoms with E-state index in [1.165, 1.54) is 11.4 Å². The maximum absolute atomic E-state index is 12.3. The Labute approximate surface area is 198 Å². The number of β-amino-alcohol motifs (C(OH)–C–C–N with tert-alkyl or cyclic N) is 1. The van der Waals surface area contributed by atoms with Crippen LogP contribution in [-0.2, 0) is 21.4 Å². The second-order valence-electron chi connectivity index (χ2n) is 8.73. The molecule has 5 heterocycles. The predicted molar refractivity (Wildman–Crippen MR) is 125 cm³/mol. The fourth-order valence-electron chi connectivity index (χ4n) is 4.81. The number of nitrogens with one attached hydrogen (secondary N) is 1. The Morgan fingerprint density at radius 2 is 1.94 bits per heavy atom. The molecule has 14 heteroatoms. The van der Waals surface area contributed by atoms with Gasteiger partial charge in [-0.2, -0.15) is 17.7 Å². The van der Waals surface area contributed by atoms with Crippen molar-refractivity contribution in [3.63, 3.8) is 0 Å². The molecule has 3 aliphatic heterocycles. The Kier molecular flexibility index (Phi) is 6.02. The van der Waals surface area contributed by atoms with E-state index < -0.39 is 22.4 Å². The molecule has 3 aliphatic rings. The van der Waals surface area contributed by atoms with Crippen molar-refractivity contribution in [3.05, 3.63) is 18.0 Å². The molecule has 0 aliphatic carbocycles. The SMILES string of the molecule is CNS(=O)(=O)N1C[C@@H](O)[C@H](N2CCc3c(-c4cnc(N)nc4)nc(N4CCOC[C@@H]4C)nc32)C1. The molecule has 0 spiro atoms. The Bertz CT molecular complexity index is 1160. The normalized spacial score (nSPS) is 25.7. The molecule has 0 amide bonds. The van der Waals surface area contributed by atoms with Gasteiger partial charge in [0.15, 0.2) is 0 Å². The molecule has 0 radical (unpaired) electrons. The topological polar surface area (TPSA) is 163 Å². The fraction of sp³-hybridized carbons (Fsp3) is 0.600. The summed E-state index contributed by atoms with van der Waals surface area (Å²) in [4.78, 5) is 22.2. The second-order valence-corrected chi connectivity index (χ2v) is 10.6. The minimum absolute atomic E-state index is 0.0246. The first-order valence-corrected chi connectivity index (χ1v) is 12.7. The van der Waals surface area contributed by atoms with Crippen molar-refractivity contribution in [2.45, 2.75) is 31.5 Å². The lowest BCUT2D eigenvalue weighted by atomic mass is 10.1. The van der Waals surface area contributed by atoms with Gasteiger partial charge in [-0.1, -0.05) is 0 Å². The highest BCUT2D eigenvalue weighted by atomic mass is 32.2. The molecular formula is C20H29N9O4S. The lowest BCUT2D eigenvalue weighted by Gasteiger charge is -2.34. The number of fused-ring (bicyclic) bond motifs is 1. The van der Waals surface area contributed by atoms with E-state index in [1.54, 1.807) is 12.4 Å². The van der Waals surface area contributed by atoms with Crippen LogP contribution in [-0.4, -0.2) is 102 Å². The third-order valence-corrected chi connectivity index (χ3v) is 8.14. The van der Waals surface area contributed by atoms with Crippen molar-refractivity contribution in [3.8, 4) is 11.3 Å². The molecule has 13 nitrogen and oxygen atoms in total. The minimum Gasteiger partial charge on any atom is -0.390 e. The number of nitrogens with two attached hydrogens (primary N) is 1. The van der Waals surface area contributed by atoms with E-state index in [9.17, 15) is 13.5 Å². The van der Waals surface area contributed by atoms with E-state index in [-0.39, 0.29) is 25.1 Å². The minimum atomic E-state index is -3.65. The zero-order valence-electron chi connectivity index (χ0n) is 19.1. The molecule has 0 aromatic carbocycles. The number of nitrogen functional groups attached to an aromatic ring is 1. The molecule has 184 valence electrons. The van der Waals surface area contributed by atoms with Gasteiger partial charge < -0.3 is 25.4 Å². The quantitative estimate of drug-likeness (QED) is 0.451. The number of hydrogen-bond donors (Lipinski definition) is 3. The van der Waals surface area contributed by atoms with Gasteiger partial charge in [0.05, 0.1) is 37.1 Å². The molecule has 34 heavy (non-hydrogen) atoms. The van der Waals surface area contributed by atoms with Gasteiger partial charge in [0.1, 0.15) is 5.82 Å². The van der Waals surface area contributed by atoms with Crippen molar-refractivity contribution in [1.82, 2.24) is 29.0 Å². The van der Waals surface area contributed by atoms with Crippen LogP contribution in [0.15, 0.2) is 12.4 Å². The number of hydrogen-bond acceptors (Lipinski definition) is 11. The molecule has 4 N–H and O–H groups in total. The van der Waals surface area contributed by atoms with Crippen molar-refractivity contribution in [2.24, 2.45) is 0 Å². The van der Waals surface area contributed by atoms with Crippen molar-refractivity contribution in [2.75, 3.05) is 62.0 Å². The summed E-state index contributed by atoms with van der Waals surface area (Å²) in [5.74, 6) is 1.43. The number of ether oxygens (including phenoxy) is 1. The monoisotopic (exact) mass is 491 g/mol.